The van der Waals surface area contributed by atoms with Crippen molar-refractivity contribution in [2.45, 2.75) is 18.9 Å². The van der Waals surface area contributed by atoms with E-state index >= 15 is 0 Å². The Morgan fingerprint density at radius 1 is 1.15 bits per heavy atom. The number of aromatic nitrogens is 2. The largest absolute Gasteiger partial charge is 0.464 e. The molecule has 3 N–H and O–H groups in total. The number of hydrogen-bond donors (Lipinski definition) is 2. The maximum absolute atomic E-state index is 7.98. The number of nitrogens with zero attached hydrogens (tertiary/aromatic N) is 2. The second-order valence-corrected chi connectivity index (χ2v) is 6.41. The Kier molecular flexibility index (Phi) is 4.27. The van der Waals surface area contributed by atoms with Gasteiger partial charge in [0.2, 0.25) is 0 Å². The van der Waals surface area contributed by atoms with E-state index in [1.54, 1.807) is 12.5 Å². The number of rotatable bonds is 6. The summed E-state index contributed by atoms with van der Waals surface area (Å²) < 4.78 is 7.64. The van der Waals surface area contributed by atoms with Gasteiger partial charge in [0.1, 0.15) is 11.4 Å². The molecule has 2 heterocycles. The van der Waals surface area contributed by atoms with Gasteiger partial charge in [-0.1, -0.05) is 30.3 Å². The zero-order chi connectivity index (χ0) is 17.9. The molecule has 0 aliphatic carbocycles. The molecule has 26 heavy (non-hydrogen) atoms. The van der Waals surface area contributed by atoms with Crippen LogP contribution in [0.2, 0.25) is 0 Å². The van der Waals surface area contributed by atoms with Crippen molar-refractivity contribution in [1.82, 2.24) is 9.55 Å². The lowest BCUT2D eigenvalue weighted by atomic mass is 9.88. The molecule has 130 valence electrons. The van der Waals surface area contributed by atoms with E-state index in [-0.39, 0.29) is 11.8 Å². The molecular formula is C21H20N4O. The highest BCUT2D eigenvalue weighted by atomic mass is 16.3. The van der Waals surface area contributed by atoms with Gasteiger partial charge in [-0.15, -0.1) is 0 Å². The minimum Gasteiger partial charge on any atom is -0.464 e. The van der Waals surface area contributed by atoms with Crippen LogP contribution in [0.5, 0.6) is 0 Å². The van der Waals surface area contributed by atoms with Crippen LogP contribution in [0.4, 0.5) is 0 Å². The molecule has 5 nitrogen and oxygen atoms in total. The Balaban J connectivity index is 1.78. The van der Waals surface area contributed by atoms with E-state index in [9.17, 15) is 0 Å². The molecule has 0 bridgehead atoms. The van der Waals surface area contributed by atoms with E-state index in [0.29, 0.717) is 0 Å². The lowest BCUT2D eigenvalue weighted by Crippen LogP contribution is -2.17. The molecule has 0 amide bonds. The van der Waals surface area contributed by atoms with E-state index in [0.717, 1.165) is 35.1 Å². The summed E-state index contributed by atoms with van der Waals surface area (Å²) in [6.45, 7) is 0.801. The Labute approximate surface area is 151 Å². The van der Waals surface area contributed by atoms with Crippen LogP contribution in [0.1, 0.15) is 22.6 Å². The van der Waals surface area contributed by atoms with Crippen molar-refractivity contribution >= 4 is 16.8 Å². The van der Waals surface area contributed by atoms with Gasteiger partial charge < -0.3 is 14.7 Å². The van der Waals surface area contributed by atoms with Gasteiger partial charge in [-0.3, -0.25) is 5.41 Å². The molecule has 5 heteroatoms. The summed E-state index contributed by atoms with van der Waals surface area (Å²) in [5.41, 5.74) is 9.75. The number of benzene rings is 2. The average Bonchev–Trinajstić information content (AvgIpc) is 3.33. The molecule has 1 atom stereocenters. The first-order valence-corrected chi connectivity index (χ1v) is 8.56. The van der Waals surface area contributed by atoms with Crippen molar-refractivity contribution in [3.05, 3.63) is 90.2 Å². The van der Waals surface area contributed by atoms with Crippen molar-refractivity contribution in [2.24, 2.45) is 5.73 Å². The fourth-order valence-electron chi connectivity index (χ4n) is 3.48. The van der Waals surface area contributed by atoms with E-state index < -0.39 is 0 Å². The van der Waals surface area contributed by atoms with Gasteiger partial charge in [0.05, 0.1) is 12.6 Å². The highest BCUT2D eigenvalue weighted by Crippen LogP contribution is 2.30. The monoisotopic (exact) mass is 344 g/mol. The number of amidine groups is 1. The minimum absolute atomic E-state index is 0.0811. The summed E-state index contributed by atoms with van der Waals surface area (Å²) in [6.07, 6.45) is 8.04. The summed E-state index contributed by atoms with van der Waals surface area (Å²) in [5, 5.41) is 9.00. The molecule has 0 spiro atoms. The minimum atomic E-state index is 0.0811. The number of hydrogen-bond acceptors (Lipinski definition) is 3. The predicted octanol–water partition coefficient (Wildman–Crippen LogP) is 3.94. The quantitative estimate of drug-likeness (QED) is 0.411. The zero-order valence-electron chi connectivity index (χ0n) is 14.3. The van der Waals surface area contributed by atoms with Crippen molar-refractivity contribution in [1.29, 1.82) is 5.41 Å². The van der Waals surface area contributed by atoms with Crippen LogP contribution < -0.4 is 5.73 Å². The molecule has 0 aliphatic rings. The van der Waals surface area contributed by atoms with Gasteiger partial charge in [-0.05, 0) is 35.7 Å². The van der Waals surface area contributed by atoms with Crippen LogP contribution in [0, 0.1) is 5.41 Å². The number of nitrogens with one attached hydrogen (secondary N) is 1. The van der Waals surface area contributed by atoms with Crippen LogP contribution >= 0.6 is 0 Å². The lowest BCUT2D eigenvalue weighted by molar-refractivity contribution is 0.556. The Bertz CT molecular complexity index is 1020. The Morgan fingerprint density at radius 3 is 2.73 bits per heavy atom. The first-order chi connectivity index (χ1) is 12.7. The first-order valence-electron chi connectivity index (χ1n) is 8.56. The summed E-state index contributed by atoms with van der Waals surface area (Å²) in [6, 6.07) is 16.1. The molecule has 0 saturated heterocycles. The molecule has 0 aliphatic heterocycles. The van der Waals surface area contributed by atoms with Crippen molar-refractivity contribution in [3.8, 4) is 0 Å². The molecule has 2 aromatic heterocycles. The number of nitrogen functional groups attached to an aromatic ring is 1. The molecule has 0 radical (unpaired) electrons. The molecule has 1 unspecified atom stereocenters. The zero-order valence-corrected chi connectivity index (χ0v) is 14.3. The lowest BCUT2D eigenvalue weighted by Gasteiger charge is -2.20. The number of fused-ring (bicyclic) bond motifs is 1. The molecule has 0 saturated carbocycles. The second kappa shape index (κ2) is 6.88. The Hall–Kier alpha value is -3.34. The normalized spacial score (nSPS) is 12.3. The van der Waals surface area contributed by atoms with Crippen molar-refractivity contribution < 1.29 is 4.42 Å². The first kappa shape index (κ1) is 16.1. The van der Waals surface area contributed by atoms with Gasteiger partial charge in [0.15, 0.2) is 0 Å². The smallest absolute Gasteiger partial charge is 0.134 e. The van der Waals surface area contributed by atoms with Crippen LogP contribution in [0.3, 0.4) is 0 Å². The standard InChI is InChI=1S/C21H20N4O/c22-21(23)18-6-7-20-17(8-11-26-20)19(18)12-16(13-25-10-9-24-14-25)15-4-2-1-3-5-15/h1-11,14,16H,12-13H2,(H3,22,23). The highest BCUT2D eigenvalue weighted by molar-refractivity contribution is 6.01. The average molecular weight is 344 g/mol. The van der Waals surface area contributed by atoms with Crippen molar-refractivity contribution in [2.75, 3.05) is 0 Å². The van der Waals surface area contributed by atoms with Crippen LogP contribution in [0.15, 0.2) is 77.9 Å². The number of nitrogens with two attached hydrogens (primary N) is 1. The Morgan fingerprint density at radius 2 is 2.00 bits per heavy atom. The topological polar surface area (TPSA) is 80.8 Å². The molecule has 0 fully saturated rings. The molecule has 4 rings (SSSR count). The van der Waals surface area contributed by atoms with E-state index in [1.165, 1.54) is 5.56 Å². The third-order valence-electron chi connectivity index (χ3n) is 4.75. The summed E-state index contributed by atoms with van der Waals surface area (Å²) in [7, 11) is 0. The molecular weight excluding hydrogens is 324 g/mol. The SMILES string of the molecule is N=C(N)c1ccc2occc2c1CC(Cn1ccnc1)c1ccccc1. The van der Waals surface area contributed by atoms with Crippen LogP contribution in [0.25, 0.3) is 11.0 Å². The highest BCUT2D eigenvalue weighted by Gasteiger charge is 2.19. The van der Waals surface area contributed by atoms with Gasteiger partial charge in [0.25, 0.3) is 0 Å². The summed E-state index contributed by atoms with van der Waals surface area (Å²) >= 11 is 0. The maximum atomic E-state index is 7.98. The number of furan rings is 1. The third kappa shape index (κ3) is 3.11. The van der Waals surface area contributed by atoms with Gasteiger partial charge in [-0.25, -0.2) is 4.98 Å². The van der Waals surface area contributed by atoms with Crippen LogP contribution in [-0.4, -0.2) is 15.4 Å². The number of imidazole rings is 1. The summed E-state index contributed by atoms with van der Waals surface area (Å²) in [5.74, 6) is 0.307. The molecule has 2 aromatic carbocycles. The summed E-state index contributed by atoms with van der Waals surface area (Å²) in [4.78, 5) is 4.16. The van der Waals surface area contributed by atoms with Gasteiger partial charge in [-0.2, -0.15) is 0 Å². The molecule has 4 aromatic rings. The van der Waals surface area contributed by atoms with Crippen LogP contribution in [-0.2, 0) is 13.0 Å². The fraction of sp³-hybridized carbons (Fsp3) is 0.143. The van der Waals surface area contributed by atoms with E-state index in [2.05, 4.69) is 33.8 Å². The van der Waals surface area contributed by atoms with Gasteiger partial charge in [0, 0.05) is 35.8 Å². The van der Waals surface area contributed by atoms with E-state index in [1.807, 2.05) is 36.8 Å². The second-order valence-electron chi connectivity index (χ2n) is 6.41. The predicted molar refractivity (Wildman–Crippen MR) is 102 cm³/mol. The fourth-order valence-corrected chi connectivity index (χ4v) is 3.48. The maximum Gasteiger partial charge on any atom is 0.134 e. The van der Waals surface area contributed by atoms with E-state index in [4.69, 9.17) is 15.6 Å². The van der Waals surface area contributed by atoms with Gasteiger partial charge >= 0.3 is 0 Å². The third-order valence-corrected chi connectivity index (χ3v) is 4.75. The van der Waals surface area contributed by atoms with Crippen molar-refractivity contribution in [3.63, 3.8) is 0 Å².